The number of rotatable bonds is 3. The van der Waals surface area contributed by atoms with Crippen molar-refractivity contribution in [1.82, 2.24) is 10.2 Å². The number of piperidine rings is 1. The molecular formula is C15H28N2O. The predicted octanol–water partition coefficient (Wildman–Crippen LogP) is 1.90. The van der Waals surface area contributed by atoms with Crippen molar-refractivity contribution in [2.45, 2.75) is 75.5 Å². The Kier molecular flexibility index (Phi) is 3.92. The van der Waals surface area contributed by atoms with Gasteiger partial charge in [0.05, 0.1) is 5.60 Å². The molecule has 2 saturated heterocycles. The van der Waals surface area contributed by atoms with Gasteiger partial charge in [0.2, 0.25) is 0 Å². The summed E-state index contributed by atoms with van der Waals surface area (Å²) in [5, 5.41) is 14.3. The number of β-amino-alcohol motifs (C(OH)–C–C–N with tert-alkyl or cyclic N) is 1. The number of nitrogens with zero attached hydrogens (tertiary/aromatic N) is 1. The Morgan fingerprint density at radius 1 is 1.06 bits per heavy atom. The molecule has 0 radical (unpaired) electrons. The lowest BCUT2D eigenvalue weighted by molar-refractivity contribution is -0.0174. The van der Waals surface area contributed by atoms with Crippen molar-refractivity contribution in [2.75, 3.05) is 19.6 Å². The van der Waals surface area contributed by atoms with Crippen LogP contribution in [0.25, 0.3) is 0 Å². The monoisotopic (exact) mass is 252 g/mol. The third kappa shape index (κ3) is 2.73. The van der Waals surface area contributed by atoms with Crippen LogP contribution in [0.15, 0.2) is 0 Å². The summed E-state index contributed by atoms with van der Waals surface area (Å²) in [6, 6.07) is 1.38. The number of hydrogen-bond donors (Lipinski definition) is 2. The summed E-state index contributed by atoms with van der Waals surface area (Å²) in [6.45, 7) is 3.32. The smallest absolute Gasteiger partial charge is 0.0774 e. The fraction of sp³-hybridized carbons (Fsp3) is 1.00. The van der Waals surface area contributed by atoms with E-state index >= 15 is 0 Å². The van der Waals surface area contributed by atoms with E-state index in [2.05, 4.69) is 10.2 Å². The van der Waals surface area contributed by atoms with Gasteiger partial charge in [-0.15, -0.1) is 0 Å². The maximum Gasteiger partial charge on any atom is 0.0774 e. The summed E-state index contributed by atoms with van der Waals surface area (Å²) in [6.07, 6.45) is 11.2. The number of nitrogens with one attached hydrogen (secondary N) is 1. The zero-order valence-corrected chi connectivity index (χ0v) is 11.5. The van der Waals surface area contributed by atoms with Crippen LogP contribution in [0.1, 0.15) is 57.8 Å². The normalized spacial score (nSPS) is 37.2. The van der Waals surface area contributed by atoms with Crippen molar-refractivity contribution in [3.05, 3.63) is 0 Å². The zero-order valence-electron chi connectivity index (χ0n) is 11.5. The minimum atomic E-state index is -0.367. The van der Waals surface area contributed by atoms with Gasteiger partial charge >= 0.3 is 0 Å². The summed E-state index contributed by atoms with van der Waals surface area (Å²) in [5.74, 6) is 0. The molecule has 1 aliphatic carbocycles. The molecule has 2 N–H and O–H groups in total. The van der Waals surface area contributed by atoms with Crippen molar-refractivity contribution in [3.63, 3.8) is 0 Å². The highest BCUT2D eigenvalue weighted by Gasteiger charge is 2.38. The molecule has 0 bridgehead atoms. The van der Waals surface area contributed by atoms with Gasteiger partial charge in [0.15, 0.2) is 0 Å². The quantitative estimate of drug-likeness (QED) is 0.805. The molecule has 2 atom stereocenters. The molecule has 104 valence electrons. The van der Waals surface area contributed by atoms with Crippen LogP contribution < -0.4 is 5.32 Å². The summed E-state index contributed by atoms with van der Waals surface area (Å²) >= 11 is 0. The first-order chi connectivity index (χ1) is 8.77. The lowest BCUT2D eigenvalue weighted by Gasteiger charge is -2.42. The Labute approximate surface area is 111 Å². The SMILES string of the molecule is OC1(CN2CCCCC2C2CCCN2)CCCC1. The third-order valence-corrected chi connectivity index (χ3v) is 5.26. The second-order valence-corrected chi connectivity index (χ2v) is 6.67. The molecule has 3 fully saturated rings. The van der Waals surface area contributed by atoms with E-state index in [9.17, 15) is 5.11 Å². The van der Waals surface area contributed by atoms with Crippen LogP contribution in [-0.4, -0.2) is 47.3 Å². The van der Waals surface area contributed by atoms with Crippen LogP contribution in [0, 0.1) is 0 Å². The first-order valence-corrected chi connectivity index (χ1v) is 7.97. The van der Waals surface area contributed by atoms with Gasteiger partial charge in [0, 0.05) is 18.6 Å². The highest BCUT2D eigenvalue weighted by Crippen LogP contribution is 2.33. The number of likely N-dealkylation sites (tertiary alicyclic amines) is 1. The van der Waals surface area contributed by atoms with Crippen LogP contribution in [0.5, 0.6) is 0 Å². The molecule has 3 nitrogen and oxygen atoms in total. The van der Waals surface area contributed by atoms with Crippen LogP contribution >= 0.6 is 0 Å². The molecule has 1 saturated carbocycles. The van der Waals surface area contributed by atoms with Gasteiger partial charge in [-0.1, -0.05) is 19.3 Å². The van der Waals surface area contributed by atoms with Crippen molar-refractivity contribution in [1.29, 1.82) is 0 Å². The number of hydrogen-bond acceptors (Lipinski definition) is 3. The molecular weight excluding hydrogens is 224 g/mol. The first-order valence-electron chi connectivity index (χ1n) is 7.97. The van der Waals surface area contributed by atoms with E-state index in [4.69, 9.17) is 0 Å². The Hall–Kier alpha value is -0.120. The molecule has 3 heteroatoms. The maximum absolute atomic E-state index is 10.6. The highest BCUT2D eigenvalue weighted by molar-refractivity contribution is 4.95. The Morgan fingerprint density at radius 2 is 1.89 bits per heavy atom. The van der Waals surface area contributed by atoms with E-state index < -0.39 is 0 Å². The van der Waals surface area contributed by atoms with Crippen LogP contribution in [0.2, 0.25) is 0 Å². The molecule has 0 aromatic rings. The Bertz CT molecular complexity index is 270. The lowest BCUT2D eigenvalue weighted by Crippen LogP contribution is -2.54. The fourth-order valence-corrected chi connectivity index (χ4v) is 4.28. The van der Waals surface area contributed by atoms with Gasteiger partial charge in [0.1, 0.15) is 0 Å². The molecule has 0 amide bonds. The lowest BCUT2D eigenvalue weighted by atomic mass is 9.91. The largest absolute Gasteiger partial charge is 0.389 e. The minimum Gasteiger partial charge on any atom is -0.389 e. The van der Waals surface area contributed by atoms with Gasteiger partial charge in [-0.05, 0) is 51.6 Å². The molecule has 0 spiro atoms. The summed E-state index contributed by atoms with van der Waals surface area (Å²) in [4.78, 5) is 2.61. The average molecular weight is 252 g/mol. The molecule has 3 rings (SSSR count). The third-order valence-electron chi connectivity index (χ3n) is 5.26. The van der Waals surface area contributed by atoms with Crippen molar-refractivity contribution in [3.8, 4) is 0 Å². The van der Waals surface area contributed by atoms with Gasteiger partial charge in [-0.3, -0.25) is 4.90 Å². The summed E-state index contributed by atoms with van der Waals surface area (Å²) < 4.78 is 0. The molecule has 2 unspecified atom stereocenters. The summed E-state index contributed by atoms with van der Waals surface area (Å²) in [5.41, 5.74) is -0.367. The van der Waals surface area contributed by atoms with Gasteiger partial charge in [-0.2, -0.15) is 0 Å². The topological polar surface area (TPSA) is 35.5 Å². The van der Waals surface area contributed by atoms with Gasteiger partial charge in [-0.25, -0.2) is 0 Å². The zero-order chi connectivity index (χ0) is 12.4. The molecule has 3 aliphatic rings. The van der Waals surface area contributed by atoms with E-state index in [-0.39, 0.29) is 5.60 Å². The predicted molar refractivity (Wildman–Crippen MR) is 73.7 cm³/mol. The molecule has 0 aromatic heterocycles. The van der Waals surface area contributed by atoms with E-state index in [0.717, 1.165) is 19.4 Å². The van der Waals surface area contributed by atoms with Crippen molar-refractivity contribution < 1.29 is 5.11 Å². The first kappa shape index (κ1) is 12.9. The van der Waals surface area contributed by atoms with Gasteiger partial charge in [0.25, 0.3) is 0 Å². The van der Waals surface area contributed by atoms with Crippen LogP contribution in [-0.2, 0) is 0 Å². The van der Waals surface area contributed by atoms with E-state index in [1.165, 1.54) is 58.0 Å². The van der Waals surface area contributed by atoms with Crippen LogP contribution in [0.3, 0.4) is 0 Å². The summed E-state index contributed by atoms with van der Waals surface area (Å²) in [7, 11) is 0. The Morgan fingerprint density at radius 3 is 2.61 bits per heavy atom. The maximum atomic E-state index is 10.6. The van der Waals surface area contributed by atoms with Crippen molar-refractivity contribution in [2.24, 2.45) is 0 Å². The standard InChI is InChI=1S/C15H28N2O/c18-15(8-2-3-9-15)12-17-11-4-1-7-14(17)13-6-5-10-16-13/h13-14,16,18H,1-12H2. The molecule has 18 heavy (non-hydrogen) atoms. The average Bonchev–Trinajstić information content (AvgIpc) is 3.01. The highest BCUT2D eigenvalue weighted by atomic mass is 16.3. The molecule has 0 aromatic carbocycles. The minimum absolute atomic E-state index is 0.367. The molecule has 2 heterocycles. The second kappa shape index (κ2) is 5.48. The Balaban J connectivity index is 1.63. The van der Waals surface area contributed by atoms with Gasteiger partial charge < -0.3 is 10.4 Å². The van der Waals surface area contributed by atoms with Crippen LogP contribution in [0.4, 0.5) is 0 Å². The molecule has 2 aliphatic heterocycles. The van der Waals surface area contributed by atoms with E-state index in [0.29, 0.717) is 12.1 Å². The fourth-order valence-electron chi connectivity index (χ4n) is 4.28. The van der Waals surface area contributed by atoms with Crippen molar-refractivity contribution >= 4 is 0 Å². The van der Waals surface area contributed by atoms with E-state index in [1.54, 1.807) is 0 Å². The van der Waals surface area contributed by atoms with E-state index in [1.807, 2.05) is 0 Å². The number of aliphatic hydroxyl groups is 1. The second-order valence-electron chi connectivity index (χ2n) is 6.67.